The molecule has 0 spiro atoms. The number of benzene rings is 2. The molecule has 20 heavy (non-hydrogen) atoms. The lowest BCUT2D eigenvalue weighted by atomic mass is 10.1. The van der Waals surface area contributed by atoms with Crippen LogP contribution in [0.2, 0.25) is 0 Å². The standard InChI is InChI=1S/C15H15FN2OS/c16-12-6-8-13(9-7-12)18-15(20)17-10-14(19)11-4-2-1-3-5-11/h1-9,14,19H,10H2,(H2,17,18,20)/t14-/m1/s1. The lowest BCUT2D eigenvalue weighted by Gasteiger charge is -2.14. The van der Waals surface area contributed by atoms with Gasteiger partial charge >= 0.3 is 0 Å². The van der Waals surface area contributed by atoms with Crippen LogP contribution in [0, 0.1) is 5.82 Å². The number of hydrogen-bond donors (Lipinski definition) is 3. The third-order valence-corrected chi connectivity index (χ3v) is 2.99. The minimum Gasteiger partial charge on any atom is -0.387 e. The van der Waals surface area contributed by atoms with Gasteiger partial charge in [0, 0.05) is 12.2 Å². The van der Waals surface area contributed by atoms with E-state index in [2.05, 4.69) is 10.6 Å². The van der Waals surface area contributed by atoms with Gasteiger partial charge < -0.3 is 15.7 Å². The molecule has 0 radical (unpaired) electrons. The smallest absolute Gasteiger partial charge is 0.170 e. The predicted molar refractivity (Wildman–Crippen MR) is 82.0 cm³/mol. The first-order valence-corrected chi connectivity index (χ1v) is 6.59. The normalized spacial score (nSPS) is 11.7. The summed E-state index contributed by atoms with van der Waals surface area (Å²) in [5.74, 6) is -0.297. The van der Waals surface area contributed by atoms with Crippen LogP contribution in [0.3, 0.4) is 0 Å². The van der Waals surface area contributed by atoms with Gasteiger partial charge in [-0.1, -0.05) is 30.3 Å². The lowest BCUT2D eigenvalue weighted by Crippen LogP contribution is -2.32. The zero-order valence-corrected chi connectivity index (χ0v) is 11.5. The maximum atomic E-state index is 12.8. The molecule has 2 rings (SSSR count). The van der Waals surface area contributed by atoms with E-state index in [4.69, 9.17) is 12.2 Å². The quantitative estimate of drug-likeness (QED) is 0.758. The van der Waals surface area contributed by atoms with Crippen molar-refractivity contribution in [1.29, 1.82) is 0 Å². The third kappa shape index (κ3) is 4.29. The number of rotatable bonds is 4. The average molecular weight is 290 g/mol. The highest BCUT2D eigenvalue weighted by atomic mass is 32.1. The highest BCUT2D eigenvalue weighted by molar-refractivity contribution is 7.80. The Hall–Kier alpha value is -1.98. The lowest BCUT2D eigenvalue weighted by molar-refractivity contribution is 0.181. The van der Waals surface area contributed by atoms with Crippen molar-refractivity contribution in [2.45, 2.75) is 6.10 Å². The summed E-state index contributed by atoms with van der Waals surface area (Å²) >= 11 is 5.11. The molecule has 5 heteroatoms. The van der Waals surface area contributed by atoms with Crippen LogP contribution in [0.15, 0.2) is 54.6 Å². The summed E-state index contributed by atoms with van der Waals surface area (Å²) < 4.78 is 12.8. The van der Waals surface area contributed by atoms with Gasteiger partial charge in [-0.3, -0.25) is 0 Å². The molecule has 0 aliphatic carbocycles. The van der Waals surface area contributed by atoms with Crippen LogP contribution in [0.4, 0.5) is 10.1 Å². The Balaban J connectivity index is 1.82. The molecule has 2 aromatic carbocycles. The van der Waals surface area contributed by atoms with Gasteiger partial charge in [0.2, 0.25) is 0 Å². The maximum Gasteiger partial charge on any atom is 0.170 e. The Bertz CT molecular complexity index is 560. The van der Waals surface area contributed by atoms with Crippen molar-refractivity contribution in [3.05, 3.63) is 66.0 Å². The Morgan fingerprint density at radius 3 is 2.40 bits per heavy atom. The summed E-state index contributed by atoms with van der Waals surface area (Å²) in [5, 5.41) is 16.2. The van der Waals surface area contributed by atoms with Gasteiger partial charge in [0.25, 0.3) is 0 Å². The van der Waals surface area contributed by atoms with Crippen LogP contribution < -0.4 is 10.6 Å². The summed E-state index contributed by atoms with van der Waals surface area (Å²) in [4.78, 5) is 0. The van der Waals surface area contributed by atoms with Crippen molar-refractivity contribution < 1.29 is 9.50 Å². The van der Waals surface area contributed by atoms with Crippen molar-refractivity contribution in [2.24, 2.45) is 0 Å². The molecule has 0 unspecified atom stereocenters. The first-order valence-electron chi connectivity index (χ1n) is 6.18. The topological polar surface area (TPSA) is 44.3 Å². The fourth-order valence-corrected chi connectivity index (χ4v) is 1.89. The van der Waals surface area contributed by atoms with Gasteiger partial charge in [0.1, 0.15) is 5.82 Å². The molecule has 2 aromatic rings. The minimum absolute atomic E-state index is 0.297. The van der Waals surface area contributed by atoms with E-state index in [0.717, 1.165) is 5.56 Å². The molecule has 104 valence electrons. The van der Waals surface area contributed by atoms with Crippen LogP contribution in [-0.4, -0.2) is 16.8 Å². The summed E-state index contributed by atoms with van der Waals surface area (Å²) in [6, 6.07) is 15.2. The number of nitrogens with one attached hydrogen (secondary N) is 2. The molecule has 0 aliphatic heterocycles. The molecule has 3 N–H and O–H groups in total. The number of hydrogen-bond acceptors (Lipinski definition) is 2. The molecule has 0 saturated heterocycles. The zero-order chi connectivity index (χ0) is 14.4. The van der Waals surface area contributed by atoms with Crippen LogP contribution >= 0.6 is 12.2 Å². The third-order valence-electron chi connectivity index (χ3n) is 2.74. The van der Waals surface area contributed by atoms with Gasteiger partial charge in [-0.05, 0) is 42.0 Å². The summed E-state index contributed by atoms with van der Waals surface area (Å²) in [6.07, 6.45) is -0.635. The molecular formula is C15H15FN2OS. The van der Waals surface area contributed by atoms with E-state index in [1.165, 1.54) is 12.1 Å². The number of aliphatic hydroxyl groups is 1. The number of thiocarbonyl (C=S) groups is 1. The first kappa shape index (κ1) is 14.4. The SMILES string of the molecule is O[C@H](CNC(=S)Nc1ccc(F)cc1)c1ccccc1. The largest absolute Gasteiger partial charge is 0.387 e. The molecule has 3 nitrogen and oxygen atoms in total. The van der Waals surface area contributed by atoms with Crippen LogP contribution in [-0.2, 0) is 0 Å². The molecule has 1 atom stereocenters. The Kier molecular flexibility index (Phi) is 5.03. The zero-order valence-electron chi connectivity index (χ0n) is 10.7. The van der Waals surface area contributed by atoms with Crippen LogP contribution in [0.25, 0.3) is 0 Å². The van der Waals surface area contributed by atoms with Crippen molar-refractivity contribution >= 4 is 23.0 Å². The monoisotopic (exact) mass is 290 g/mol. The first-order chi connectivity index (χ1) is 9.65. The highest BCUT2D eigenvalue weighted by Crippen LogP contribution is 2.11. The molecular weight excluding hydrogens is 275 g/mol. The van der Waals surface area contributed by atoms with Gasteiger partial charge in [0.15, 0.2) is 5.11 Å². The number of anilines is 1. The number of halogens is 1. The van der Waals surface area contributed by atoms with Crippen molar-refractivity contribution in [1.82, 2.24) is 5.32 Å². The van der Waals surface area contributed by atoms with E-state index in [0.29, 0.717) is 17.3 Å². The summed E-state index contributed by atoms with van der Waals surface area (Å²) in [5.41, 5.74) is 1.52. The average Bonchev–Trinajstić information content (AvgIpc) is 2.48. The van der Waals surface area contributed by atoms with E-state index in [1.54, 1.807) is 12.1 Å². The van der Waals surface area contributed by atoms with E-state index >= 15 is 0 Å². The Morgan fingerprint density at radius 1 is 1.10 bits per heavy atom. The predicted octanol–water partition coefficient (Wildman–Crippen LogP) is 2.85. The van der Waals surface area contributed by atoms with Gasteiger partial charge in [-0.25, -0.2) is 4.39 Å². The van der Waals surface area contributed by atoms with Gasteiger partial charge in [-0.15, -0.1) is 0 Å². The van der Waals surface area contributed by atoms with E-state index in [-0.39, 0.29) is 5.82 Å². The minimum atomic E-state index is -0.635. The Morgan fingerprint density at radius 2 is 1.75 bits per heavy atom. The van der Waals surface area contributed by atoms with Crippen LogP contribution in [0.1, 0.15) is 11.7 Å². The molecule has 0 aliphatic rings. The summed E-state index contributed by atoms with van der Waals surface area (Å²) in [7, 11) is 0. The molecule has 0 bridgehead atoms. The molecule has 0 saturated carbocycles. The fourth-order valence-electron chi connectivity index (χ4n) is 1.69. The molecule has 0 fully saturated rings. The van der Waals surface area contributed by atoms with Crippen molar-refractivity contribution in [3.63, 3.8) is 0 Å². The molecule has 0 heterocycles. The number of aliphatic hydroxyl groups excluding tert-OH is 1. The van der Waals surface area contributed by atoms with Gasteiger partial charge in [0.05, 0.1) is 6.10 Å². The van der Waals surface area contributed by atoms with E-state index < -0.39 is 6.10 Å². The molecule has 0 aromatic heterocycles. The summed E-state index contributed by atoms with van der Waals surface area (Å²) in [6.45, 7) is 0.303. The second-order valence-electron chi connectivity index (χ2n) is 4.27. The van der Waals surface area contributed by atoms with Gasteiger partial charge in [-0.2, -0.15) is 0 Å². The van der Waals surface area contributed by atoms with E-state index in [1.807, 2.05) is 30.3 Å². The maximum absolute atomic E-state index is 12.8. The second kappa shape index (κ2) is 6.98. The molecule has 0 amide bonds. The Labute approximate surface area is 122 Å². The highest BCUT2D eigenvalue weighted by Gasteiger charge is 2.07. The van der Waals surface area contributed by atoms with Crippen LogP contribution in [0.5, 0.6) is 0 Å². The van der Waals surface area contributed by atoms with Crippen molar-refractivity contribution in [3.8, 4) is 0 Å². The fraction of sp³-hybridized carbons (Fsp3) is 0.133. The second-order valence-corrected chi connectivity index (χ2v) is 4.68. The van der Waals surface area contributed by atoms with Crippen molar-refractivity contribution in [2.75, 3.05) is 11.9 Å². The van der Waals surface area contributed by atoms with E-state index in [9.17, 15) is 9.50 Å².